The molecule has 1 unspecified atom stereocenters. The zero-order valence-corrected chi connectivity index (χ0v) is 9.04. The Morgan fingerprint density at radius 2 is 2.21 bits per heavy atom. The van der Waals surface area contributed by atoms with Crippen LogP contribution in [-0.4, -0.2) is 22.6 Å². The van der Waals surface area contributed by atoms with Crippen molar-refractivity contribution in [2.75, 3.05) is 11.4 Å². The number of nitrogens with zero attached hydrogens (tertiary/aromatic N) is 3. The van der Waals surface area contributed by atoms with Gasteiger partial charge in [-0.3, -0.25) is 0 Å². The van der Waals surface area contributed by atoms with Crippen LogP contribution >= 0.6 is 11.6 Å². The van der Waals surface area contributed by atoms with Gasteiger partial charge in [-0.05, 0) is 19.8 Å². The molecular weight excluding hydrogens is 198 g/mol. The molecular formula is C10H14ClN3. The molecule has 1 fully saturated rings. The van der Waals surface area contributed by atoms with Gasteiger partial charge in [-0.15, -0.1) is 11.6 Å². The molecule has 3 nitrogen and oxygen atoms in total. The Morgan fingerprint density at radius 3 is 2.71 bits per heavy atom. The predicted molar refractivity (Wildman–Crippen MR) is 57.6 cm³/mol. The van der Waals surface area contributed by atoms with Crippen molar-refractivity contribution in [3.63, 3.8) is 0 Å². The van der Waals surface area contributed by atoms with E-state index >= 15 is 0 Å². The number of hydrogen-bond donors (Lipinski definition) is 0. The molecule has 0 amide bonds. The molecule has 2 rings (SSSR count). The highest BCUT2D eigenvalue weighted by atomic mass is 35.5. The van der Waals surface area contributed by atoms with Gasteiger partial charge in [0.05, 0.1) is 5.88 Å². The third-order valence-electron chi connectivity index (χ3n) is 2.66. The number of halogens is 1. The van der Waals surface area contributed by atoms with Crippen molar-refractivity contribution >= 4 is 17.5 Å². The lowest BCUT2D eigenvalue weighted by atomic mass is 10.2. The van der Waals surface area contributed by atoms with Crippen LogP contribution in [0.4, 0.5) is 5.95 Å². The Morgan fingerprint density at radius 1 is 1.50 bits per heavy atom. The van der Waals surface area contributed by atoms with Gasteiger partial charge in [0.15, 0.2) is 0 Å². The molecule has 0 spiro atoms. The van der Waals surface area contributed by atoms with Crippen molar-refractivity contribution < 1.29 is 0 Å². The highest BCUT2D eigenvalue weighted by Crippen LogP contribution is 2.21. The van der Waals surface area contributed by atoms with Gasteiger partial charge in [0.25, 0.3) is 0 Å². The molecule has 14 heavy (non-hydrogen) atoms. The molecule has 0 saturated carbocycles. The van der Waals surface area contributed by atoms with Gasteiger partial charge in [-0.1, -0.05) is 0 Å². The van der Waals surface area contributed by atoms with E-state index in [1.807, 2.05) is 0 Å². The van der Waals surface area contributed by atoms with Gasteiger partial charge in [0.2, 0.25) is 5.95 Å². The molecule has 1 aromatic heterocycles. The Hall–Kier alpha value is -0.830. The summed E-state index contributed by atoms with van der Waals surface area (Å²) in [5.41, 5.74) is 0.974. The zero-order valence-electron chi connectivity index (χ0n) is 8.28. The van der Waals surface area contributed by atoms with E-state index in [0.29, 0.717) is 11.9 Å². The average molecular weight is 212 g/mol. The maximum atomic E-state index is 5.67. The molecule has 4 heteroatoms. The fraction of sp³-hybridized carbons (Fsp3) is 0.600. The molecule has 0 aliphatic carbocycles. The fourth-order valence-corrected chi connectivity index (χ4v) is 1.93. The minimum Gasteiger partial charge on any atom is -0.338 e. The first-order valence-electron chi connectivity index (χ1n) is 4.95. The summed E-state index contributed by atoms with van der Waals surface area (Å²) in [5.74, 6) is 1.32. The molecule has 0 radical (unpaired) electrons. The van der Waals surface area contributed by atoms with Crippen LogP contribution in [0.1, 0.15) is 25.3 Å². The number of rotatable bonds is 2. The lowest BCUT2D eigenvalue weighted by Crippen LogP contribution is -2.28. The van der Waals surface area contributed by atoms with Crippen LogP contribution in [0.2, 0.25) is 0 Å². The van der Waals surface area contributed by atoms with Gasteiger partial charge in [0, 0.05) is 30.5 Å². The third-order valence-corrected chi connectivity index (χ3v) is 2.96. The zero-order chi connectivity index (χ0) is 9.97. The van der Waals surface area contributed by atoms with Gasteiger partial charge in [-0.25, -0.2) is 9.97 Å². The Bertz CT molecular complexity index is 299. The third kappa shape index (κ3) is 1.82. The van der Waals surface area contributed by atoms with Crippen molar-refractivity contribution in [3.8, 4) is 0 Å². The number of alkyl halides is 1. The van der Waals surface area contributed by atoms with E-state index in [2.05, 4.69) is 21.8 Å². The molecule has 0 bridgehead atoms. The monoisotopic (exact) mass is 211 g/mol. The molecule has 1 aliphatic rings. The average Bonchev–Trinajstić information content (AvgIpc) is 2.65. The summed E-state index contributed by atoms with van der Waals surface area (Å²) in [5, 5.41) is 0. The van der Waals surface area contributed by atoms with Crippen LogP contribution in [0.5, 0.6) is 0 Å². The number of hydrogen-bond acceptors (Lipinski definition) is 3. The van der Waals surface area contributed by atoms with Crippen molar-refractivity contribution in [2.45, 2.75) is 31.7 Å². The van der Waals surface area contributed by atoms with Gasteiger partial charge in [-0.2, -0.15) is 0 Å². The first-order chi connectivity index (χ1) is 6.81. The second-order valence-electron chi connectivity index (χ2n) is 3.71. The SMILES string of the molecule is CC1CCCN1c1ncc(CCl)cn1. The maximum Gasteiger partial charge on any atom is 0.225 e. The van der Waals surface area contributed by atoms with Crippen LogP contribution < -0.4 is 4.90 Å². The van der Waals surface area contributed by atoms with Gasteiger partial charge < -0.3 is 4.90 Å². The molecule has 0 N–H and O–H groups in total. The molecule has 76 valence electrons. The number of anilines is 1. The van der Waals surface area contributed by atoms with Crippen molar-refractivity contribution in [1.29, 1.82) is 0 Å². The maximum absolute atomic E-state index is 5.67. The molecule has 1 saturated heterocycles. The van der Waals surface area contributed by atoms with Gasteiger partial charge in [0.1, 0.15) is 0 Å². The largest absolute Gasteiger partial charge is 0.338 e. The first-order valence-corrected chi connectivity index (χ1v) is 5.48. The first kappa shape index (κ1) is 9.71. The highest BCUT2D eigenvalue weighted by Gasteiger charge is 2.22. The van der Waals surface area contributed by atoms with E-state index in [9.17, 15) is 0 Å². The van der Waals surface area contributed by atoms with Crippen LogP contribution in [0.15, 0.2) is 12.4 Å². The lowest BCUT2D eigenvalue weighted by molar-refractivity contribution is 0.716. The van der Waals surface area contributed by atoms with Crippen LogP contribution in [0, 0.1) is 0 Å². The molecule has 2 heterocycles. The summed E-state index contributed by atoms with van der Waals surface area (Å²) < 4.78 is 0. The van der Waals surface area contributed by atoms with Gasteiger partial charge >= 0.3 is 0 Å². The fourth-order valence-electron chi connectivity index (χ4n) is 1.80. The molecule has 1 aliphatic heterocycles. The predicted octanol–water partition coefficient (Wildman–Crippen LogP) is 2.20. The summed E-state index contributed by atoms with van der Waals surface area (Å²) in [7, 11) is 0. The summed E-state index contributed by atoms with van der Waals surface area (Å²) >= 11 is 5.67. The van der Waals surface area contributed by atoms with Crippen LogP contribution in [-0.2, 0) is 5.88 Å². The molecule has 1 atom stereocenters. The van der Waals surface area contributed by atoms with Crippen LogP contribution in [0.3, 0.4) is 0 Å². The minimum absolute atomic E-state index is 0.482. The van der Waals surface area contributed by atoms with E-state index in [0.717, 1.165) is 18.1 Å². The summed E-state index contributed by atoms with van der Waals surface area (Å²) in [4.78, 5) is 10.9. The van der Waals surface area contributed by atoms with Crippen LogP contribution in [0.25, 0.3) is 0 Å². The number of aromatic nitrogens is 2. The second kappa shape index (κ2) is 4.13. The summed E-state index contributed by atoms with van der Waals surface area (Å²) in [6, 6.07) is 0.567. The van der Waals surface area contributed by atoms with Crippen molar-refractivity contribution in [3.05, 3.63) is 18.0 Å². The Balaban J connectivity index is 2.16. The topological polar surface area (TPSA) is 29.0 Å². The summed E-state index contributed by atoms with van der Waals surface area (Å²) in [6.45, 7) is 3.28. The highest BCUT2D eigenvalue weighted by molar-refractivity contribution is 6.17. The Kier molecular flexibility index (Phi) is 2.87. The van der Waals surface area contributed by atoms with E-state index in [-0.39, 0.29) is 0 Å². The van der Waals surface area contributed by atoms with Crippen molar-refractivity contribution in [2.24, 2.45) is 0 Å². The normalized spacial score (nSPS) is 21.6. The quantitative estimate of drug-likeness (QED) is 0.703. The standard InChI is InChI=1S/C10H14ClN3/c1-8-3-2-4-14(8)10-12-6-9(5-11)7-13-10/h6-8H,2-5H2,1H3. The Labute approximate surface area is 89.1 Å². The minimum atomic E-state index is 0.482. The molecule has 1 aromatic rings. The summed E-state index contributed by atoms with van der Waals surface area (Å²) in [6.07, 6.45) is 6.09. The van der Waals surface area contributed by atoms with E-state index in [1.165, 1.54) is 12.8 Å². The second-order valence-corrected chi connectivity index (χ2v) is 3.98. The van der Waals surface area contributed by atoms with Crippen molar-refractivity contribution in [1.82, 2.24) is 9.97 Å². The van der Waals surface area contributed by atoms with E-state index < -0.39 is 0 Å². The van der Waals surface area contributed by atoms with E-state index in [4.69, 9.17) is 11.6 Å². The molecule has 0 aromatic carbocycles. The smallest absolute Gasteiger partial charge is 0.225 e. The van der Waals surface area contributed by atoms with E-state index in [1.54, 1.807) is 12.4 Å². The lowest BCUT2D eigenvalue weighted by Gasteiger charge is -2.20.